The molecule has 1 atom stereocenters. The summed E-state index contributed by atoms with van der Waals surface area (Å²) >= 11 is 0. The van der Waals surface area contributed by atoms with Crippen molar-refractivity contribution in [3.8, 4) is 0 Å². The van der Waals surface area contributed by atoms with Crippen LogP contribution < -0.4 is 10.2 Å². The van der Waals surface area contributed by atoms with Gasteiger partial charge in [-0.2, -0.15) is 18.2 Å². The maximum atomic E-state index is 13.4. The number of hydrogen-bond acceptors (Lipinski definition) is 5. The van der Waals surface area contributed by atoms with E-state index in [4.69, 9.17) is 4.52 Å². The average Bonchev–Trinajstić information content (AvgIpc) is 3.03. The van der Waals surface area contributed by atoms with Crippen LogP contribution in [0.25, 0.3) is 0 Å². The van der Waals surface area contributed by atoms with Crippen molar-refractivity contribution in [1.29, 1.82) is 0 Å². The van der Waals surface area contributed by atoms with E-state index >= 15 is 0 Å². The summed E-state index contributed by atoms with van der Waals surface area (Å²) in [5, 5.41) is 6.55. The first kappa shape index (κ1) is 14.6. The van der Waals surface area contributed by atoms with Gasteiger partial charge >= 0.3 is 6.18 Å². The lowest BCUT2D eigenvalue weighted by Gasteiger charge is -2.26. The SMILES string of the molecule is FC(F)(F)C1(c2nc(N3CCCCCC3)no2)CCNC1. The van der Waals surface area contributed by atoms with Crippen LogP contribution in [0.5, 0.6) is 0 Å². The van der Waals surface area contributed by atoms with Crippen molar-refractivity contribution in [3.63, 3.8) is 0 Å². The van der Waals surface area contributed by atoms with Gasteiger partial charge in [0.2, 0.25) is 5.89 Å². The number of anilines is 1. The molecule has 1 aromatic heterocycles. The molecule has 2 saturated heterocycles. The van der Waals surface area contributed by atoms with Crippen LogP contribution in [0, 0.1) is 0 Å². The van der Waals surface area contributed by atoms with Gasteiger partial charge in [-0.15, -0.1) is 0 Å². The predicted molar refractivity (Wildman–Crippen MR) is 70.2 cm³/mol. The summed E-state index contributed by atoms with van der Waals surface area (Å²) in [5.74, 6) is -0.0123. The van der Waals surface area contributed by atoms with Gasteiger partial charge in [-0.3, -0.25) is 0 Å². The quantitative estimate of drug-likeness (QED) is 0.908. The Morgan fingerprint density at radius 2 is 1.86 bits per heavy atom. The molecule has 2 aliphatic heterocycles. The molecule has 1 aromatic rings. The molecule has 0 bridgehead atoms. The summed E-state index contributed by atoms with van der Waals surface area (Å²) in [6.45, 7) is 1.66. The molecule has 21 heavy (non-hydrogen) atoms. The lowest BCUT2D eigenvalue weighted by atomic mass is 9.86. The highest BCUT2D eigenvalue weighted by molar-refractivity contribution is 5.30. The fourth-order valence-electron chi connectivity index (χ4n) is 3.05. The summed E-state index contributed by atoms with van der Waals surface area (Å²) in [6, 6.07) is 0. The van der Waals surface area contributed by atoms with E-state index < -0.39 is 11.6 Å². The van der Waals surface area contributed by atoms with E-state index in [2.05, 4.69) is 15.5 Å². The molecule has 1 N–H and O–H groups in total. The van der Waals surface area contributed by atoms with E-state index in [0.717, 1.165) is 38.8 Å². The molecule has 0 saturated carbocycles. The standard InChI is InChI=1S/C13H19F3N4O/c14-13(15,16)12(5-6-17-9-12)10-18-11(19-21-10)20-7-3-1-2-4-8-20/h17H,1-9H2. The first-order chi connectivity index (χ1) is 10.0. The van der Waals surface area contributed by atoms with Crippen LogP contribution >= 0.6 is 0 Å². The average molecular weight is 304 g/mol. The second-order valence-electron chi connectivity index (χ2n) is 5.81. The maximum Gasteiger partial charge on any atom is 0.404 e. The Bertz CT molecular complexity index is 474. The van der Waals surface area contributed by atoms with Crippen LogP contribution in [-0.4, -0.2) is 42.5 Å². The molecule has 0 aromatic carbocycles. The van der Waals surface area contributed by atoms with E-state index in [1.165, 1.54) is 0 Å². The zero-order valence-electron chi connectivity index (χ0n) is 11.7. The van der Waals surface area contributed by atoms with Crippen LogP contribution in [0.3, 0.4) is 0 Å². The Morgan fingerprint density at radius 3 is 2.43 bits per heavy atom. The highest BCUT2D eigenvalue weighted by atomic mass is 19.4. The molecule has 3 heterocycles. The third-order valence-corrected chi connectivity index (χ3v) is 4.41. The number of nitrogens with one attached hydrogen (secondary N) is 1. The number of hydrogen-bond donors (Lipinski definition) is 1. The van der Waals surface area contributed by atoms with Crippen molar-refractivity contribution in [2.45, 2.75) is 43.7 Å². The number of alkyl halides is 3. The van der Waals surface area contributed by atoms with Crippen LogP contribution in [0.4, 0.5) is 19.1 Å². The molecule has 8 heteroatoms. The Kier molecular flexibility index (Phi) is 3.81. The van der Waals surface area contributed by atoms with Gasteiger partial charge in [0.15, 0.2) is 5.41 Å². The van der Waals surface area contributed by atoms with E-state index in [9.17, 15) is 13.2 Å². The first-order valence-electron chi connectivity index (χ1n) is 7.39. The summed E-state index contributed by atoms with van der Waals surface area (Å²) < 4.78 is 45.3. The van der Waals surface area contributed by atoms with E-state index in [-0.39, 0.29) is 18.9 Å². The monoisotopic (exact) mass is 304 g/mol. The molecular weight excluding hydrogens is 285 g/mol. The van der Waals surface area contributed by atoms with Gasteiger partial charge in [0.05, 0.1) is 0 Å². The molecule has 1 unspecified atom stereocenters. The highest BCUT2D eigenvalue weighted by Crippen LogP contribution is 2.45. The topological polar surface area (TPSA) is 54.2 Å². The predicted octanol–water partition coefficient (Wildman–Crippen LogP) is 2.24. The minimum Gasteiger partial charge on any atom is -0.338 e. The summed E-state index contributed by atoms with van der Waals surface area (Å²) in [7, 11) is 0. The van der Waals surface area contributed by atoms with Gasteiger partial charge in [0, 0.05) is 19.6 Å². The van der Waals surface area contributed by atoms with E-state index in [1.54, 1.807) is 0 Å². The molecule has 2 aliphatic rings. The lowest BCUT2D eigenvalue weighted by molar-refractivity contribution is -0.191. The lowest BCUT2D eigenvalue weighted by Crippen LogP contribution is -2.44. The molecule has 2 fully saturated rings. The number of aromatic nitrogens is 2. The van der Waals surface area contributed by atoms with Crippen molar-refractivity contribution in [2.24, 2.45) is 0 Å². The second kappa shape index (κ2) is 5.47. The Morgan fingerprint density at radius 1 is 1.14 bits per heavy atom. The first-order valence-corrected chi connectivity index (χ1v) is 7.39. The van der Waals surface area contributed by atoms with Gasteiger partial charge in [-0.05, 0) is 31.0 Å². The van der Waals surface area contributed by atoms with E-state index in [1.807, 2.05) is 4.90 Å². The van der Waals surface area contributed by atoms with Gasteiger partial charge in [0.25, 0.3) is 5.95 Å². The zero-order valence-corrected chi connectivity index (χ0v) is 11.7. The van der Waals surface area contributed by atoms with Crippen molar-refractivity contribution in [2.75, 3.05) is 31.1 Å². The van der Waals surface area contributed by atoms with Gasteiger partial charge in [-0.1, -0.05) is 12.8 Å². The fourth-order valence-corrected chi connectivity index (χ4v) is 3.05. The summed E-state index contributed by atoms with van der Waals surface area (Å²) in [4.78, 5) is 6.01. The number of rotatable bonds is 2. The van der Waals surface area contributed by atoms with Crippen LogP contribution in [0.1, 0.15) is 38.0 Å². The van der Waals surface area contributed by atoms with Gasteiger partial charge in [-0.25, -0.2) is 0 Å². The van der Waals surface area contributed by atoms with Crippen molar-refractivity contribution in [1.82, 2.24) is 15.5 Å². The highest BCUT2D eigenvalue weighted by Gasteiger charge is 2.61. The molecule has 0 amide bonds. The third-order valence-electron chi connectivity index (χ3n) is 4.41. The molecule has 0 radical (unpaired) electrons. The van der Waals surface area contributed by atoms with Crippen LogP contribution in [0.15, 0.2) is 4.52 Å². The minimum absolute atomic E-state index is 0.0574. The molecule has 0 aliphatic carbocycles. The molecule has 3 rings (SSSR count). The fraction of sp³-hybridized carbons (Fsp3) is 0.846. The number of nitrogens with zero attached hydrogens (tertiary/aromatic N) is 3. The zero-order chi connectivity index (χ0) is 14.9. The molecule has 0 spiro atoms. The van der Waals surface area contributed by atoms with E-state index in [0.29, 0.717) is 12.5 Å². The van der Waals surface area contributed by atoms with Gasteiger partial charge in [0.1, 0.15) is 0 Å². The van der Waals surface area contributed by atoms with Crippen LogP contribution in [0.2, 0.25) is 0 Å². The third kappa shape index (κ3) is 2.61. The van der Waals surface area contributed by atoms with Crippen molar-refractivity contribution < 1.29 is 17.7 Å². The minimum atomic E-state index is -4.39. The Balaban J connectivity index is 1.86. The normalized spacial score (nSPS) is 27.9. The molecule has 5 nitrogen and oxygen atoms in total. The molecule has 118 valence electrons. The van der Waals surface area contributed by atoms with Crippen molar-refractivity contribution >= 4 is 5.95 Å². The van der Waals surface area contributed by atoms with Crippen LogP contribution in [-0.2, 0) is 5.41 Å². The Hall–Kier alpha value is -1.31. The van der Waals surface area contributed by atoms with Gasteiger partial charge < -0.3 is 14.7 Å². The largest absolute Gasteiger partial charge is 0.404 e. The summed E-state index contributed by atoms with van der Waals surface area (Å²) in [5.41, 5.74) is -2.04. The summed E-state index contributed by atoms with van der Waals surface area (Å²) in [6.07, 6.45) is -0.155. The van der Waals surface area contributed by atoms with Crippen molar-refractivity contribution in [3.05, 3.63) is 5.89 Å². The Labute approximate surface area is 120 Å². The second-order valence-corrected chi connectivity index (χ2v) is 5.81. The smallest absolute Gasteiger partial charge is 0.338 e. The maximum absolute atomic E-state index is 13.4. The number of halogens is 3. The molecular formula is C13H19F3N4O.